The molecule has 3 N–H and O–H groups in total. The lowest BCUT2D eigenvalue weighted by Gasteiger charge is -2.16. The van der Waals surface area contributed by atoms with Crippen LogP contribution in [0.2, 0.25) is 0 Å². The average Bonchev–Trinajstić information content (AvgIpc) is 3.05. The van der Waals surface area contributed by atoms with Gasteiger partial charge in [-0.3, -0.25) is 9.89 Å². The first kappa shape index (κ1) is 22.8. The molecule has 3 rings (SSSR count). The maximum absolute atomic E-state index is 12.3. The number of aromatic nitrogens is 3. The third kappa shape index (κ3) is 6.08. The van der Waals surface area contributed by atoms with E-state index in [0.717, 1.165) is 22.6 Å². The van der Waals surface area contributed by atoms with E-state index in [2.05, 4.69) is 36.9 Å². The number of amides is 1. The van der Waals surface area contributed by atoms with Gasteiger partial charge >= 0.3 is 0 Å². The summed E-state index contributed by atoms with van der Waals surface area (Å²) in [6.45, 7) is 6.53. The van der Waals surface area contributed by atoms with Gasteiger partial charge in [-0.1, -0.05) is 17.7 Å². The van der Waals surface area contributed by atoms with Crippen LogP contribution in [0.1, 0.15) is 23.9 Å². The van der Waals surface area contributed by atoms with Crippen molar-refractivity contribution < 1.29 is 14.3 Å². The zero-order valence-electron chi connectivity index (χ0n) is 17.5. The van der Waals surface area contributed by atoms with Gasteiger partial charge in [-0.15, -0.1) is 0 Å². The standard InChI is InChI=1S/C21H24BrN5O3S/c1-4-29-18-10-15(11-23-27-14(3)25-26-21(27)31)9-17(22)20(18)30-12-19(28)24-16-7-5-13(2)6-8-16/h5-10,23H,4,11-12H2,1-3H3,(H,24,28)(H,26,31). The molecule has 1 amide bonds. The summed E-state index contributed by atoms with van der Waals surface area (Å²) in [6.07, 6.45) is 0. The number of rotatable bonds is 9. The first-order valence-corrected chi connectivity index (χ1v) is 10.9. The molecule has 0 unspecified atom stereocenters. The third-order valence-electron chi connectivity index (χ3n) is 4.33. The van der Waals surface area contributed by atoms with E-state index < -0.39 is 0 Å². The number of hydrogen-bond acceptors (Lipinski definition) is 6. The molecule has 0 bridgehead atoms. The summed E-state index contributed by atoms with van der Waals surface area (Å²) in [5, 5.41) is 9.62. The predicted octanol–water partition coefficient (Wildman–Crippen LogP) is 4.48. The van der Waals surface area contributed by atoms with Crippen LogP contribution in [-0.4, -0.2) is 34.0 Å². The summed E-state index contributed by atoms with van der Waals surface area (Å²) in [5.41, 5.74) is 6.00. The number of hydrogen-bond donors (Lipinski definition) is 3. The van der Waals surface area contributed by atoms with Gasteiger partial charge in [-0.05, 0) is 78.7 Å². The van der Waals surface area contributed by atoms with Crippen molar-refractivity contribution in [2.24, 2.45) is 0 Å². The Morgan fingerprint density at radius 1 is 1.23 bits per heavy atom. The minimum Gasteiger partial charge on any atom is -0.490 e. The quantitative estimate of drug-likeness (QED) is 0.371. The van der Waals surface area contributed by atoms with E-state index in [-0.39, 0.29) is 12.5 Å². The van der Waals surface area contributed by atoms with Crippen molar-refractivity contribution in [3.8, 4) is 11.5 Å². The molecule has 0 aliphatic heterocycles. The third-order valence-corrected chi connectivity index (χ3v) is 5.20. The molecule has 0 fully saturated rings. The highest BCUT2D eigenvalue weighted by molar-refractivity contribution is 9.10. The van der Waals surface area contributed by atoms with E-state index in [1.54, 1.807) is 4.68 Å². The number of aromatic amines is 1. The molecule has 0 aliphatic carbocycles. The molecule has 164 valence electrons. The highest BCUT2D eigenvalue weighted by Gasteiger charge is 2.15. The van der Waals surface area contributed by atoms with Gasteiger partial charge in [-0.2, -0.15) is 5.10 Å². The molecule has 0 radical (unpaired) electrons. The Labute approximate surface area is 194 Å². The number of nitrogens with one attached hydrogen (secondary N) is 3. The molecular weight excluding hydrogens is 482 g/mol. The van der Waals surface area contributed by atoms with Gasteiger partial charge in [0.25, 0.3) is 5.91 Å². The lowest BCUT2D eigenvalue weighted by atomic mass is 10.2. The van der Waals surface area contributed by atoms with Gasteiger partial charge in [0, 0.05) is 5.69 Å². The van der Waals surface area contributed by atoms with Gasteiger partial charge in [0.05, 0.1) is 17.6 Å². The number of carbonyl (C=O) groups is 1. The minimum atomic E-state index is -0.256. The lowest BCUT2D eigenvalue weighted by Crippen LogP contribution is -2.20. The Morgan fingerprint density at radius 3 is 2.61 bits per heavy atom. The van der Waals surface area contributed by atoms with Gasteiger partial charge in [0.1, 0.15) is 5.82 Å². The van der Waals surface area contributed by atoms with E-state index in [4.69, 9.17) is 21.7 Å². The van der Waals surface area contributed by atoms with Crippen molar-refractivity contribution in [3.05, 3.63) is 62.6 Å². The summed E-state index contributed by atoms with van der Waals surface area (Å²) in [6, 6.07) is 11.3. The normalized spacial score (nSPS) is 10.6. The second-order valence-electron chi connectivity index (χ2n) is 6.79. The van der Waals surface area contributed by atoms with Crippen molar-refractivity contribution in [1.82, 2.24) is 14.9 Å². The second-order valence-corrected chi connectivity index (χ2v) is 8.03. The molecule has 0 aliphatic rings. The maximum Gasteiger partial charge on any atom is 0.262 e. The van der Waals surface area contributed by atoms with Crippen LogP contribution in [0.3, 0.4) is 0 Å². The molecule has 0 atom stereocenters. The van der Waals surface area contributed by atoms with Crippen molar-refractivity contribution in [3.63, 3.8) is 0 Å². The van der Waals surface area contributed by atoms with Crippen LogP contribution >= 0.6 is 28.1 Å². The minimum absolute atomic E-state index is 0.145. The molecule has 10 heteroatoms. The van der Waals surface area contributed by atoms with E-state index in [9.17, 15) is 4.79 Å². The van der Waals surface area contributed by atoms with Crippen LogP contribution in [0.5, 0.6) is 11.5 Å². The number of ether oxygens (including phenoxy) is 2. The topological polar surface area (TPSA) is 93.2 Å². The molecule has 0 saturated heterocycles. The van der Waals surface area contributed by atoms with Gasteiger partial charge < -0.3 is 20.2 Å². The zero-order chi connectivity index (χ0) is 22.4. The van der Waals surface area contributed by atoms with Crippen LogP contribution in [0.4, 0.5) is 5.69 Å². The Hall–Kier alpha value is -2.85. The fourth-order valence-corrected chi connectivity index (χ4v) is 3.68. The first-order chi connectivity index (χ1) is 14.9. The summed E-state index contributed by atoms with van der Waals surface area (Å²) in [5.74, 6) is 1.49. The molecule has 3 aromatic rings. The lowest BCUT2D eigenvalue weighted by molar-refractivity contribution is -0.118. The van der Waals surface area contributed by atoms with E-state index in [1.165, 1.54) is 0 Å². The van der Waals surface area contributed by atoms with Crippen molar-refractivity contribution in [2.75, 3.05) is 24.0 Å². The van der Waals surface area contributed by atoms with Crippen molar-refractivity contribution in [2.45, 2.75) is 27.3 Å². The van der Waals surface area contributed by atoms with Crippen LogP contribution in [0.15, 0.2) is 40.9 Å². The second kappa shape index (κ2) is 10.5. The van der Waals surface area contributed by atoms with Gasteiger partial charge in [0.2, 0.25) is 4.77 Å². The highest BCUT2D eigenvalue weighted by atomic mass is 79.9. The summed E-state index contributed by atoms with van der Waals surface area (Å²) >= 11 is 8.73. The number of H-pyrrole nitrogens is 1. The van der Waals surface area contributed by atoms with Crippen LogP contribution in [0.25, 0.3) is 0 Å². The number of halogens is 1. The first-order valence-electron chi connectivity index (χ1n) is 9.69. The molecule has 1 heterocycles. The monoisotopic (exact) mass is 505 g/mol. The van der Waals surface area contributed by atoms with Crippen molar-refractivity contribution >= 4 is 39.7 Å². The van der Waals surface area contributed by atoms with E-state index >= 15 is 0 Å². The smallest absolute Gasteiger partial charge is 0.262 e. The van der Waals surface area contributed by atoms with Crippen LogP contribution < -0.4 is 20.2 Å². The summed E-state index contributed by atoms with van der Waals surface area (Å²) in [4.78, 5) is 12.3. The number of anilines is 1. The summed E-state index contributed by atoms with van der Waals surface area (Å²) in [7, 11) is 0. The summed E-state index contributed by atoms with van der Waals surface area (Å²) < 4.78 is 14.4. The number of benzene rings is 2. The number of nitrogens with zero attached hydrogens (tertiary/aromatic N) is 2. The highest BCUT2D eigenvalue weighted by Crippen LogP contribution is 2.37. The zero-order valence-corrected chi connectivity index (χ0v) is 19.9. The predicted molar refractivity (Wildman–Crippen MR) is 126 cm³/mol. The SMILES string of the molecule is CCOc1cc(CNn2c(C)n[nH]c2=S)cc(Br)c1OCC(=O)Nc1ccc(C)cc1. The Kier molecular flexibility index (Phi) is 7.69. The Morgan fingerprint density at radius 2 is 1.97 bits per heavy atom. The van der Waals surface area contributed by atoms with Gasteiger partial charge in [0.15, 0.2) is 18.1 Å². The average molecular weight is 506 g/mol. The molecule has 0 saturated carbocycles. The van der Waals surface area contributed by atoms with Crippen molar-refractivity contribution in [1.29, 1.82) is 0 Å². The fraction of sp³-hybridized carbons (Fsp3) is 0.286. The molecule has 31 heavy (non-hydrogen) atoms. The van der Waals surface area contributed by atoms with E-state index in [1.807, 2.05) is 57.2 Å². The molecule has 2 aromatic carbocycles. The Bertz CT molecular complexity index is 1110. The fourth-order valence-electron chi connectivity index (χ4n) is 2.83. The largest absolute Gasteiger partial charge is 0.490 e. The van der Waals surface area contributed by atoms with Crippen LogP contribution in [0, 0.1) is 18.6 Å². The number of aryl methyl sites for hydroxylation is 2. The Balaban J connectivity index is 1.68. The maximum atomic E-state index is 12.3. The number of carbonyl (C=O) groups excluding carboxylic acids is 1. The van der Waals surface area contributed by atoms with Gasteiger partial charge in [-0.25, -0.2) is 4.68 Å². The molecular formula is C21H24BrN5O3S. The van der Waals surface area contributed by atoms with Crippen LogP contribution in [-0.2, 0) is 11.3 Å². The molecule has 1 aromatic heterocycles. The molecule has 8 nitrogen and oxygen atoms in total. The molecule has 0 spiro atoms. The van der Waals surface area contributed by atoms with E-state index in [0.29, 0.717) is 33.9 Å².